The van der Waals surface area contributed by atoms with Gasteiger partial charge in [0.05, 0.1) is 5.94 Å². The molecule has 1 unspecified atom stereocenters. The average molecular weight is 178 g/mol. The summed E-state index contributed by atoms with van der Waals surface area (Å²) in [6, 6.07) is 0.810. The zero-order chi connectivity index (χ0) is 8.04. The summed E-state index contributed by atoms with van der Waals surface area (Å²) in [5.41, 5.74) is 0. The summed E-state index contributed by atoms with van der Waals surface area (Å²) in [6.45, 7) is 5.62. The first-order chi connectivity index (χ1) is 4.68. The molecule has 0 aromatic carbocycles. The molecular weight excluding hydrogens is 164 g/mol. The van der Waals surface area contributed by atoms with Crippen LogP contribution in [0.4, 0.5) is 0 Å². The summed E-state index contributed by atoms with van der Waals surface area (Å²) in [4.78, 5) is 0. The van der Waals surface area contributed by atoms with Gasteiger partial charge in [-0.1, -0.05) is 6.08 Å². The van der Waals surface area contributed by atoms with Gasteiger partial charge in [-0.3, -0.25) is 0 Å². The van der Waals surface area contributed by atoms with E-state index in [1.807, 2.05) is 12.6 Å². The fraction of sp³-hybridized carbons (Fsp3) is 0.667. The maximum Gasteiger partial charge on any atom is 0.339 e. The van der Waals surface area contributed by atoms with Crippen LogP contribution in [0.15, 0.2) is 12.7 Å². The summed E-state index contributed by atoms with van der Waals surface area (Å²) >= 11 is 3.96. The number of rotatable bonds is 5. The second-order valence-corrected chi connectivity index (χ2v) is 5.74. The second-order valence-electron chi connectivity index (χ2n) is 2.10. The molecule has 0 bridgehead atoms. The minimum absolute atomic E-state index is 0.421. The zero-order valence-electron chi connectivity index (χ0n) is 6.46. The fourth-order valence-electron chi connectivity index (χ4n) is 0.600. The van der Waals surface area contributed by atoms with Crippen LogP contribution < -0.4 is 0 Å². The predicted octanol–water partition coefficient (Wildman–Crippen LogP) is 1.79. The highest BCUT2D eigenvalue weighted by atomic mass is 32.1. The van der Waals surface area contributed by atoms with E-state index in [2.05, 4.69) is 19.2 Å². The summed E-state index contributed by atoms with van der Waals surface area (Å²) in [7, 11) is -0.252. The van der Waals surface area contributed by atoms with E-state index in [-0.39, 0.29) is 0 Å². The summed E-state index contributed by atoms with van der Waals surface area (Å²) in [5, 5.41) is 0. The Balaban J connectivity index is 3.80. The monoisotopic (exact) mass is 178 g/mol. The summed E-state index contributed by atoms with van der Waals surface area (Å²) < 4.78 is 10.5. The lowest BCUT2D eigenvalue weighted by Crippen LogP contribution is -2.36. The Kier molecular flexibility index (Phi) is 5.07. The lowest BCUT2D eigenvalue weighted by molar-refractivity contribution is 0.244. The Bertz CT molecular complexity index is 110. The molecular formula is C6H14O2SSi. The van der Waals surface area contributed by atoms with Gasteiger partial charge in [-0.15, -0.1) is 6.58 Å². The van der Waals surface area contributed by atoms with E-state index in [4.69, 9.17) is 8.85 Å². The van der Waals surface area contributed by atoms with Crippen LogP contribution in [0.25, 0.3) is 0 Å². The first-order valence-corrected chi connectivity index (χ1v) is 6.25. The lowest BCUT2D eigenvalue weighted by Gasteiger charge is -2.21. The highest BCUT2D eigenvalue weighted by molar-refractivity contribution is 7.80. The van der Waals surface area contributed by atoms with Crippen LogP contribution >= 0.6 is 12.6 Å². The molecule has 0 aromatic heterocycles. The van der Waals surface area contributed by atoms with Gasteiger partial charge in [0.2, 0.25) is 0 Å². The first kappa shape index (κ1) is 10.2. The van der Waals surface area contributed by atoms with Crippen LogP contribution in [0, 0.1) is 0 Å². The van der Waals surface area contributed by atoms with Crippen LogP contribution in [0.1, 0.15) is 0 Å². The van der Waals surface area contributed by atoms with Crippen molar-refractivity contribution in [1.82, 2.24) is 0 Å². The Hall–Kier alpha value is 0.227. The molecule has 0 rings (SSSR count). The van der Waals surface area contributed by atoms with Gasteiger partial charge in [-0.25, -0.2) is 0 Å². The normalized spacial score (nSPS) is 16.3. The third kappa shape index (κ3) is 3.41. The van der Waals surface area contributed by atoms with E-state index >= 15 is 0 Å². The fourth-order valence-corrected chi connectivity index (χ4v) is 2.62. The maximum absolute atomic E-state index is 5.33. The van der Waals surface area contributed by atoms with Crippen molar-refractivity contribution in [2.75, 3.05) is 13.0 Å². The molecule has 0 aliphatic carbocycles. The van der Waals surface area contributed by atoms with Gasteiger partial charge in [-0.2, -0.15) is 12.6 Å². The van der Waals surface area contributed by atoms with Crippen molar-refractivity contribution in [2.24, 2.45) is 0 Å². The summed E-state index contributed by atoms with van der Waals surface area (Å²) in [5.74, 6) is 0.421. The zero-order valence-corrected chi connectivity index (χ0v) is 8.36. The molecule has 0 spiro atoms. The molecule has 0 aromatic rings. The molecule has 0 saturated carbocycles. The Morgan fingerprint density at radius 2 is 2.30 bits per heavy atom. The second kappa shape index (κ2) is 4.95. The van der Waals surface area contributed by atoms with E-state index in [1.54, 1.807) is 7.11 Å². The molecule has 0 aliphatic heterocycles. The van der Waals surface area contributed by atoms with Crippen LogP contribution in [-0.2, 0) is 8.85 Å². The number of allylic oxidation sites excluding steroid dienone is 1. The van der Waals surface area contributed by atoms with Crippen molar-refractivity contribution < 1.29 is 8.85 Å². The van der Waals surface area contributed by atoms with E-state index in [0.717, 1.165) is 6.04 Å². The molecule has 0 N–H and O–H groups in total. The molecule has 1 atom stereocenters. The lowest BCUT2D eigenvalue weighted by atomic mass is 10.8. The van der Waals surface area contributed by atoms with E-state index < -0.39 is 8.56 Å². The molecule has 0 amide bonds. The van der Waals surface area contributed by atoms with Crippen LogP contribution in [0.5, 0.6) is 0 Å². The van der Waals surface area contributed by atoms with Gasteiger partial charge < -0.3 is 8.85 Å². The SMILES string of the molecule is C=CC[Si](C)(OC)OCS. The van der Waals surface area contributed by atoms with Crippen molar-refractivity contribution in [3.63, 3.8) is 0 Å². The summed E-state index contributed by atoms with van der Waals surface area (Å²) in [6.07, 6.45) is 1.82. The van der Waals surface area contributed by atoms with Gasteiger partial charge in [0.1, 0.15) is 0 Å². The third-order valence-electron chi connectivity index (χ3n) is 1.32. The topological polar surface area (TPSA) is 18.5 Å². The molecule has 4 heteroatoms. The molecule has 0 heterocycles. The third-order valence-corrected chi connectivity index (χ3v) is 4.34. The smallest absolute Gasteiger partial charge is 0.339 e. The largest absolute Gasteiger partial charge is 0.398 e. The molecule has 60 valence electrons. The van der Waals surface area contributed by atoms with Crippen molar-refractivity contribution in [1.29, 1.82) is 0 Å². The standard InChI is InChI=1S/C6H14O2SSi/c1-4-5-10(3,7-2)8-6-9/h4,9H,1,5-6H2,2-3H3. The molecule has 2 nitrogen and oxygen atoms in total. The average Bonchev–Trinajstić information content (AvgIpc) is 1.89. The van der Waals surface area contributed by atoms with E-state index in [9.17, 15) is 0 Å². The van der Waals surface area contributed by atoms with Crippen LogP contribution in [0.2, 0.25) is 12.6 Å². The van der Waals surface area contributed by atoms with Crippen molar-refractivity contribution in [2.45, 2.75) is 12.6 Å². The number of hydrogen-bond acceptors (Lipinski definition) is 3. The van der Waals surface area contributed by atoms with Crippen molar-refractivity contribution in [3.05, 3.63) is 12.7 Å². The van der Waals surface area contributed by atoms with Crippen LogP contribution in [0.3, 0.4) is 0 Å². The minimum Gasteiger partial charge on any atom is -0.398 e. The maximum atomic E-state index is 5.33. The van der Waals surface area contributed by atoms with Gasteiger partial charge in [0, 0.05) is 13.2 Å². The number of hydrogen-bond donors (Lipinski definition) is 1. The van der Waals surface area contributed by atoms with E-state index in [1.165, 1.54) is 0 Å². The Morgan fingerprint density at radius 1 is 1.70 bits per heavy atom. The van der Waals surface area contributed by atoms with Gasteiger partial charge >= 0.3 is 8.56 Å². The van der Waals surface area contributed by atoms with E-state index in [0.29, 0.717) is 5.94 Å². The molecule has 0 saturated heterocycles. The van der Waals surface area contributed by atoms with Crippen molar-refractivity contribution in [3.8, 4) is 0 Å². The predicted molar refractivity (Wildman–Crippen MR) is 48.6 cm³/mol. The first-order valence-electron chi connectivity index (χ1n) is 3.09. The van der Waals surface area contributed by atoms with Crippen LogP contribution in [-0.4, -0.2) is 21.6 Å². The van der Waals surface area contributed by atoms with Gasteiger partial charge in [0.15, 0.2) is 0 Å². The number of thiol groups is 1. The Labute approximate surface area is 68.9 Å². The Morgan fingerprint density at radius 3 is 2.60 bits per heavy atom. The van der Waals surface area contributed by atoms with Gasteiger partial charge in [0.25, 0.3) is 0 Å². The highest BCUT2D eigenvalue weighted by Crippen LogP contribution is 2.12. The highest BCUT2D eigenvalue weighted by Gasteiger charge is 2.27. The quantitative estimate of drug-likeness (QED) is 0.299. The molecule has 10 heavy (non-hydrogen) atoms. The minimum atomic E-state index is -1.92. The van der Waals surface area contributed by atoms with Crippen molar-refractivity contribution >= 4 is 21.2 Å². The molecule has 0 fully saturated rings. The molecule has 0 aliphatic rings. The van der Waals surface area contributed by atoms with Gasteiger partial charge in [-0.05, 0) is 6.55 Å². The molecule has 0 radical (unpaired) electrons.